The number of carbonyl (C=O) groups is 2. The summed E-state index contributed by atoms with van der Waals surface area (Å²) in [6.45, 7) is 0. The van der Waals surface area contributed by atoms with E-state index in [0.717, 1.165) is 51.4 Å². The van der Waals surface area contributed by atoms with E-state index < -0.39 is 0 Å². The van der Waals surface area contributed by atoms with E-state index >= 15 is 0 Å². The molecule has 0 spiro atoms. The molecule has 2 heteroatoms. The van der Waals surface area contributed by atoms with E-state index in [4.69, 9.17) is 0 Å². The third-order valence-corrected chi connectivity index (χ3v) is 7.09. The smallest absolute Gasteiger partial charge is 0.141 e. The first-order chi connectivity index (χ1) is 11.7. The van der Waals surface area contributed by atoms with Gasteiger partial charge in [0, 0.05) is 23.7 Å². The molecule has 0 radical (unpaired) electrons. The molecule has 0 aromatic heterocycles. The summed E-state index contributed by atoms with van der Waals surface area (Å²) in [4.78, 5) is 26.5. The minimum atomic E-state index is -0.0229. The molecule has 0 aliphatic heterocycles. The number of ketones is 2. The molecule has 0 aromatic carbocycles. The van der Waals surface area contributed by atoms with E-state index in [1.807, 2.05) is 0 Å². The SMILES string of the molecule is O=C1[C@H]2CC3=C(CC=CC3)C[C@H]2C(=O)[C@@H]2CC3=C(CC=CC3)C[C@H]12. The van der Waals surface area contributed by atoms with Gasteiger partial charge in [0.15, 0.2) is 0 Å². The van der Waals surface area contributed by atoms with Crippen LogP contribution in [0.15, 0.2) is 46.6 Å². The maximum atomic E-state index is 13.3. The normalized spacial score (nSPS) is 37.8. The molecule has 0 bridgehead atoms. The molecule has 5 rings (SSSR count). The van der Waals surface area contributed by atoms with E-state index in [2.05, 4.69) is 24.3 Å². The van der Waals surface area contributed by atoms with Crippen molar-refractivity contribution in [3.05, 3.63) is 46.6 Å². The van der Waals surface area contributed by atoms with Crippen LogP contribution in [0.2, 0.25) is 0 Å². The van der Waals surface area contributed by atoms with Gasteiger partial charge in [-0.1, -0.05) is 46.6 Å². The number of allylic oxidation sites excluding steroid dienone is 8. The molecule has 2 nitrogen and oxygen atoms in total. The summed E-state index contributed by atoms with van der Waals surface area (Å²) in [5, 5.41) is 0. The van der Waals surface area contributed by atoms with E-state index in [0.29, 0.717) is 11.6 Å². The Balaban J connectivity index is 1.47. The fourth-order valence-electron chi connectivity index (χ4n) is 5.77. The molecule has 0 saturated heterocycles. The second-order valence-electron chi connectivity index (χ2n) is 8.22. The largest absolute Gasteiger partial charge is 0.299 e. The van der Waals surface area contributed by atoms with Crippen LogP contribution in [0.1, 0.15) is 51.4 Å². The van der Waals surface area contributed by atoms with Crippen molar-refractivity contribution in [2.24, 2.45) is 23.7 Å². The lowest BCUT2D eigenvalue weighted by Gasteiger charge is -2.45. The maximum absolute atomic E-state index is 13.3. The number of carbonyl (C=O) groups excluding carboxylic acids is 2. The van der Waals surface area contributed by atoms with Gasteiger partial charge in [0.1, 0.15) is 11.6 Å². The molecular weight excluding hydrogens is 296 g/mol. The molecule has 4 atom stereocenters. The maximum Gasteiger partial charge on any atom is 0.141 e. The summed E-state index contributed by atoms with van der Waals surface area (Å²) in [5.41, 5.74) is 5.81. The average Bonchev–Trinajstić information content (AvgIpc) is 2.64. The highest BCUT2D eigenvalue weighted by Gasteiger charge is 2.52. The van der Waals surface area contributed by atoms with Crippen LogP contribution in [-0.2, 0) is 9.59 Å². The van der Waals surface area contributed by atoms with Gasteiger partial charge in [-0.3, -0.25) is 9.59 Å². The van der Waals surface area contributed by atoms with Crippen molar-refractivity contribution in [1.29, 1.82) is 0 Å². The second kappa shape index (κ2) is 5.40. The Morgan fingerprint density at radius 3 is 1.00 bits per heavy atom. The molecule has 0 aromatic rings. The zero-order chi connectivity index (χ0) is 16.3. The molecule has 0 N–H and O–H groups in total. The molecule has 0 heterocycles. The first-order valence-electron chi connectivity index (χ1n) is 9.49. The van der Waals surface area contributed by atoms with Crippen LogP contribution >= 0.6 is 0 Å². The van der Waals surface area contributed by atoms with Gasteiger partial charge in [0.25, 0.3) is 0 Å². The first-order valence-corrected chi connectivity index (χ1v) is 9.49. The Kier molecular flexibility index (Phi) is 3.29. The van der Waals surface area contributed by atoms with Gasteiger partial charge >= 0.3 is 0 Å². The average molecular weight is 320 g/mol. The molecule has 124 valence electrons. The molecule has 24 heavy (non-hydrogen) atoms. The summed E-state index contributed by atoms with van der Waals surface area (Å²) in [6, 6.07) is 0. The molecule has 1 fully saturated rings. The fourth-order valence-corrected chi connectivity index (χ4v) is 5.77. The molecule has 5 aliphatic rings. The third kappa shape index (κ3) is 2.08. The Hall–Kier alpha value is -1.70. The Labute approximate surface area is 143 Å². The second-order valence-corrected chi connectivity index (χ2v) is 8.22. The van der Waals surface area contributed by atoms with Gasteiger partial charge in [-0.25, -0.2) is 0 Å². The van der Waals surface area contributed by atoms with Crippen LogP contribution in [-0.4, -0.2) is 11.6 Å². The monoisotopic (exact) mass is 320 g/mol. The summed E-state index contributed by atoms with van der Waals surface area (Å²) in [7, 11) is 0. The van der Waals surface area contributed by atoms with Gasteiger partial charge in [0.05, 0.1) is 0 Å². The van der Waals surface area contributed by atoms with Gasteiger partial charge in [-0.15, -0.1) is 0 Å². The van der Waals surface area contributed by atoms with Crippen LogP contribution in [0.3, 0.4) is 0 Å². The standard InChI is InChI=1S/C22H24O2/c23-21-17-9-13-5-1-2-6-14(13)10-18(17)22(24)20-12-16-8-4-3-7-15(16)11-19(20)21/h1-4,17-20H,5-12H2/t17-,18+,19-,20+. The predicted octanol–water partition coefficient (Wildman–Crippen LogP) is 4.48. The number of Topliss-reactive ketones (excluding diaryl/α,β-unsaturated/α-hetero) is 2. The molecule has 1 saturated carbocycles. The highest BCUT2D eigenvalue weighted by Crippen LogP contribution is 2.51. The van der Waals surface area contributed by atoms with Gasteiger partial charge in [0.2, 0.25) is 0 Å². The quantitative estimate of drug-likeness (QED) is 0.617. The Bertz CT molecular complexity index is 626. The molecular formula is C22H24O2. The lowest BCUT2D eigenvalue weighted by molar-refractivity contribution is -0.148. The predicted molar refractivity (Wildman–Crippen MR) is 93.2 cm³/mol. The third-order valence-electron chi connectivity index (χ3n) is 7.09. The van der Waals surface area contributed by atoms with Crippen LogP contribution in [0, 0.1) is 23.7 Å². The zero-order valence-corrected chi connectivity index (χ0v) is 14.1. The topological polar surface area (TPSA) is 34.1 Å². The fraction of sp³-hybridized carbons (Fsp3) is 0.545. The van der Waals surface area contributed by atoms with Crippen molar-refractivity contribution in [3.8, 4) is 0 Å². The van der Waals surface area contributed by atoms with Crippen LogP contribution in [0.4, 0.5) is 0 Å². The minimum Gasteiger partial charge on any atom is -0.299 e. The van der Waals surface area contributed by atoms with Crippen molar-refractivity contribution >= 4 is 11.6 Å². The van der Waals surface area contributed by atoms with Crippen LogP contribution in [0.25, 0.3) is 0 Å². The van der Waals surface area contributed by atoms with Crippen molar-refractivity contribution in [3.63, 3.8) is 0 Å². The van der Waals surface area contributed by atoms with Crippen molar-refractivity contribution < 1.29 is 9.59 Å². The van der Waals surface area contributed by atoms with E-state index in [9.17, 15) is 9.59 Å². The van der Waals surface area contributed by atoms with E-state index in [1.165, 1.54) is 22.3 Å². The lowest BCUT2D eigenvalue weighted by Crippen LogP contribution is -2.50. The molecule has 0 amide bonds. The molecule has 0 unspecified atom stereocenters. The highest BCUT2D eigenvalue weighted by atomic mass is 16.1. The number of fused-ring (bicyclic) bond motifs is 2. The van der Waals surface area contributed by atoms with E-state index in [-0.39, 0.29) is 23.7 Å². The summed E-state index contributed by atoms with van der Waals surface area (Å²) >= 11 is 0. The minimum absolute atomic E-state index is 0.0229. The number of hydrogen-bond acceptors (Lipinski definition) is 2. The lowest BCUT2D eigenvalue weighted by atomic mass is 9.56. The van der Waals surface area contributed by atoms with Gasteiger partial charge < -0.3 is 0 Å². The number of rotatable bonds is 0. The summed E-state index contributed by atoms with van der Waals surface area (Å²) in [5.74, 6) is 0.727. The van der Waals surface area contributed by atoms with Crippen molar-refractivity contribution in [2.75, 3.05) is 0 Å². The van der Waals surface area contributed by atoms with E-state index in [1.54, 1.807) is 0 Å². The number of hydrogen-bond donors (Lipinski definition) is 0. The zero-order valence-electron chi connectivity index (χ0n) is 14.1. The summed E-state index contributed by atoms with van der Waals surface area (Å²) in [6.07, 6.45) is 16.3. The van der Waals surface area contributed by atoms with Gasteiger partial charge in [-0.2, -0.15) is 0 Å². The van der Waals surface area contributed by atoms with Crippen molar-refractivity contribution in [2.45, 2.75) is 51.4 Å². The molecule has 5 aliphatic carbocycles. The van der Waals surface area contributed by atoms with Gasteiger partial charge in [-0.05, 0) is 51.4 Å². The van der Waals surface area contributed by atoms with Crippen LogP contribution < -0.4 is 0 Å². The Morgan fingerprint density at radius 2 is 0.750 bits per heavy atom. The van der Waals surface area contributed by atoms with Crippen molar-refractivity contribution in [1.82, 2.24) is 0 Å². The first kappa shape index (κ1) is 14.6. The summed E-state index contributed by atoms with van der Waals surface area (Å²) < 4.78 is 0. The highest BCUT2D eigenvalue weighted by molar-refractivity contribution is 6.00. The van der Waals surface area contributed by atoms with Crippen LogP contribution in [0.5, 0.6) is 0 Å². The Morgan fingerprint density at radius 1 is 0.500 bits per heavy atom.